The van der Waals surface area contributed by atoms with Crippen LogP contribution in [0.4, 0.5) is 17.6 Å². The summed E-state index contributed by atoms with van der Waals surface area (Å²) in [5, 5.41) is 8.52. The van der Waals surface area contributed by atoms with Gasteiger partial charge in [-0.05, 0) is 5.56 Å². The van der Waals surface area contributed by atoms with Crippen molar-refractivity contribution in [1.29, 1.82) is 0 Å². The SMILES string of the molecule is NCc1cc(OC(F)(F)F)nc(F)c1CC(=O)O. The monoisotopic (exact) mass is 268 g/mol. The minimum absolute atomic E-state index is 0.107. The van der Waals surface area contributed by atoms with Gasteiger partial charge in [0, 0.05) is 18.2 Å². The molecule has 0 atom stereocenters. The first-order valence-corrected chi connectivity index (χ1v) is 4.59. The fourth-order valence-electron chi connectivity index (χ4n) is 1.26. The van der Waals surface area contributed by atoms with Gasteiger partial charge in [0.1, 0.15) is 0 Å². The summed E-state index contributed by atoms with van der Waals surface area (Å²) in [6, 6.07) is 0.759. The fraction of sp³-hybridized carbons (Fsp3) is 0.333. The number of pyridine rings is 1. The normalized spacial score (nSPS) is 11.4. The molecule has 0 aliphatic carbocycles. The van der Waals surface area contributed by atoms with Crippen LogP contribution in [0.5, 0.6) is 5.88 Å². The van der Waals surface area contributed by atoms with Crippen molar-refractivity contribution in [2.24, 2.45) is 5.73 Å². The van der Waals surface area contributed by atoms with Gasteiger partial charge in [-0.1, -0.05) is 0 Å². The quantitative estimate of drug-likeness (QED) is 0.633. The Hall–Kier alpha value is -1.90. The van der Waals surface area contributed by atoms with E-state index in [2.05, 4.69) is 9.72 Å². The molecule has 0 aromatic carbocycles. The van der Waals surface area contributed by atoms with Gasteiger partial charge in [-0.2, -0.15) is 9.37 Å². The highest BCUT2D eigenvalue weighted by Crippen LogP contribution is 2.24. The van der Waals surface area contributed by atoms with Crippen LogP contribution in [0.15, 0.2) is 6.07 Å². The summed E-state index contributed by atoms with van der Waals surface area (Å²) in [5.41, 5.74) is 4.73. The molecular formula is C9H8F4N2O3. The summed E-state index contributed by atoms with van der Waals surface area (Å²) in [7, 11) is 0. The molecule has 1 rings (SSSR count). The number of aliphatic carboxylic acids is 1. The van der Waals surface area contributed by atoms with Crippen molar-refractivity contribution in [3.63, 3.8) is 0 Å². The first kappa shape index (κ1) is 14.2. The number of ether oxygens (including phenoxy) is 1. The van der Waals surface area contributed by atoms with Gasteiger partial charge < -0.3 is 15.6 Å². The summed E-state index contributed by atoms with van der Waals surface area (Å²) >= 11 is 0. The smallest absolute Gasteiger partial charge is 0.481 e. The number of halogens is 4. The second-order valence-electron chi connectivity index (χ2n) is 3.21. The van der Waals surface area contributed by atoms with Crippen LogP contribution in [0, 0.1) is 5.95 Å². The average Bonchev–Trinajstić information content (AvgIpc) is 2.18. The van der Waals surface area contributed by atoms with Crippen molar-refractivity contribution in [3.8, 4) is 5.88 Å². The van der Waals surface area contributed by atoms with E-state index in [4.69, 9.17) is 10.8 Å². The van der Waals surface area contributed by atoms with Gasteiger partial charge in [-0.25, -0.2) is 0 Å². The molecule has 0 aliphatic rings. The number of rotatable bonds is 4. The molecule has 1 aromatic heterocycles. The third-order valence-corrected chi connectivity index (χ3v) is 1.91. The molecule has 0 amide bonds. The Morgan fingerprint density at radius 2 is 2.11 bits per heavy atom. The molecule has 18 heavy (non-hydrogen) atoms. The van der Waals surface area contributed by atoms with Crippen molar-refractivity contribution < 1.29 is 32.2 Å². The van der Waals surface area contributed by atoms with E-state index >= 15 is 0 Å². The number of hydrogen-bond acceptors (Lipinski definition) is 4. The Morgan fingerprint density at radius 1 is 1.50 bits per heavy atom. The number of carbonyl (C=O) groups is 1. The molecule has 0 saturated heterocycles. The first-order valence-electron chi connectivity index (χ1n) is 4.59. The molecule has 0 bridgehead atoms. The molecule has 0 saturated carbocycles. The van der Waals surface area contributed by atoms with Crippen LogP contribution < -0.4 is 10.5 Å². The van der Waals surface area contributed by atoms with E-state index in [1.165, 1.54) is 0 Å². The van der Waals surface area contributed by atoms with Gasteiger partial charge in [-0.3, -0.25) is 4.79 Å². The van der Waals surface area contributed by atoms with Crippen molar-refractivity contribution in [1.82, 2.24) is 4.98 Å². The summed E-state index contributed by atoms with van der Waals surface area (Å²) in [5.74, 6) is -3.72. The second kappa shape index (κ2) is 5.17. The number of carboxylic acid groups (broad SMARTS) is 1. The molecule has 3 N–H and O–H groups in total. The topological polar surface area (TPSA) is 85.4 Å². The minimum Gasteiger partial charge on any atom is -0.481 e. The highest BCUT2D eigenvalue weighted by molar-refractivity contribution is 5.70. The molecule has 100 valence electrons. The number of aromatic nitrogens is 1. The largest absolute Gasteiger partial charge is 0.574 e. The highest BCUT2D eigenvalue weighted by Gasteiger charge is 2.32. The highest BCUT2D eigenvalue weighted by atomic mass is 19.4. The van der Waals surface area contributed by atoms with Crippen molar-refractivity contribution in [2.45, 2.75) is 19.3 Å². The Kier molecular flexibility index (Phi) is 4.07. The van der Waals surface area contributed by atoms with Crippen LogP contribution in [0.1, 0.15) is 11.1 Å². The lowest BCUT2D eigenvalue weighted by Gasteiger charge is -2.11. The van der Waals surface area contributed by atoms with E-state index in [1.54, 1.807) is 0 Å². The number of hydrogen-bond donors (Lipinski definition) is 2. The van der Waals surface area contributed by atoms with Crippen LogP contribution in [-0.2, 0) is 17.8 Å². The molecule has 1 aromatic rings. The van der Waals surface area contributed by atoms with Gasteiger partial charge >= 0.3 is 12.3 Å². The molecule has 0 fully saturated rings. The number of nitrogens with zero attached hydrogens (tertiary/aromatic N) is 1. The van der Waals surface area contributed by atoms with Gasteiger partial charge in [-0.15, -0.1) is 13.2 Å². The molecule has 9 heteroatoms. The zero-order valence-corrected chi connectivity index (χ0v) is 8.79. The molecular weight excluding hydrogens is 260 g/mol. The summed E-state index contributed by atoms with van der Waals surface area (Å²) < 4.78 is 52.5. The van der Waals surface area contributed by atoms with Gasteiger partial charge in [0.05, 0.1) is 6.42 Å². The Bertz CT molecular complexity index is 462. The predicted molar refractivity (Wildman–Crippen MR) is 50.1 cm³/mol. The Labute approximate surface area is 98.2 Å². The average molecular weight is 268 g/mol. The third kappa shape index (κ3) is 3.84. The van der Waals surface area contributed by atoms with Gasteiger partial charge in [0.25, 0.3) is 0 Å². The van der Waals surface area contributed by atoms with Crippen LogP contribution in [0.3, 0.4) is 0 Å². The second-order valence-corrected chi connectivity index (χ2v) is 3.21. The van der Waals surface area contributed by atoms with Gasteiger partial charge in [0.15, 0.2) is 0 Å². The summed E-state index contributed by atoms with van der Waals surface area (Å²) in [6.45, 7) is -0.337. The summed E-state index contributed by atoms with van der Waals surface area (Å²) in [4.78, 5) is 13.3. The maximum Gasteiger partial charge on any atom is 0.574 e. The summed E-state index contributed by atoms with van der Waals surface area (Å²) in [6.07, 6.45) is -5.74. The fourth-order valence-corrected chi connectivity index (χ4v) is 1.26. The molecule has 0 radical (unpaired) electrons. The van der Waals surface area contributed by atoms with E-state index in [1.807, 2.05) is 0 Å². The molecule has 0 aliphatic heterocycles. The maximum atomic E-state index is 13.4. The van der Waals surface area contributed by atoms with E-state index in [-0.39, 0.29) is 17.7 Å². The number of nitrogens with two attached hydrogens (primary N) is 1. The van der Waals surface area contributed by atoms with Crippen molar-refractivity contribution >= 4 is 5.97 Å². The van der Waals surface area contributed by atoms with Gasteiger partial charge in [0.2, 0.25) is 11.8 Å². The van der Waals surface area contributed by atoms with E-state index < -0.39 is 30.6 Å². The van der Waals surface area contributed by atoms with E-state index in [9.17, 15) is 22.4 Å². The Morgan fingerprint density at radius 3 is 2.56 bits per heavy atom. The van der Waals surface area contributed by atoms with Crippen molar-refractivity contribution in [2.75, 3.05) is 0 Å². The van der Waals surface area contributed by atoms with Crippen molar-refractivity contribution in [3.05, 3.63) is 23.1 Å². The first-order chi connectivity index (χ1) is 8.23. The lowest BCUT2D eigenvalue weighted by Crippen LogP contribution is -2.19. The van der Waals surface area contributed by atoms with Crippen LogP contribution >= 0.6 is 0 Å². The molecule has 0 spiro atoms. The lowest BCUT2D eigenvalue weighted by molar-refractivity contribution is -0.276. The van der Waals surface area contributed by atoms with Crippen LogP contribution in [0.25, 0.3) is 0 Å². The number of alkyl halides is 3. The Balaban J connectivity index is 3.14. The molecule has 0 unspecified atom stereocenters. The molecule has 5 nitrogen and oxygen atoms in total. The minimum atomic E-state index is -5.01. The third-order valence-electron chi connectivity index (χ3n) is 1.91. The predicted octanol–water partition coefficient (Wildman–Crippen LogP) is 1.21. The van der Waals surface area contributed by atoms with E-state index in [0.29, 0.717) is 0 Å². The van der Waals surface area contributed by atoms with Crippen LogP contribution in [0.2, 0.25) is 0 Å². The van der Waals surface area contributed by atoms with Crippen LogP contribution in [-0.4, -0.2) is 22.4 Å². The van der Waals surface area contributed by atoms with E-state index in [0.717, 1.165) is 6.07 Å². The standard InChI is InChI=1S/C9H8F4N2O3/c10-8-5(2-7(16)17)4(3-14)1-6(15-8)18-9(11,12)13/h1H,2-3,14H2,(H,16,17). The molecule has 1 heterocycles. The zero-order valence-electron chi connectivity index (χ0n) is 8.79. The zero-order chi connectivity index (χ0) is 13.9. The maximum absolute atomic E-state index is 13.4. The lowest BCUT2D eigenvalue weighted by atomic mass is 10.1. The number of carboxylic acids is 1.